The van der Waals surface area contributed by atoms with Crippen molar-refractivity contribution >= 4 is 174 Å². The zero-order valence-corrected chi connectivity index (χ0v) is 71.5. The third-order valence-electron chi connectivity index (χ3n) is 27.3. The molecule has 28 rings (SSSR count). The maximum Gasteiger partial charge on any atom is 0.0978 e. The standard InChI is InChI=1S/2C62H38N4/c1-2-14-39(15-3-1)60-52-20-4-9-21-55(52)64-62-53(60)32-30-40-31-33-54(63-61(40)62)44-29-28-41-34-43(27-26-42(41)35-44)45-36-46(65-56-22-10-5-16-48(56)49-17-6-11-23-57(49)65)38-47(37-45)66-58-24-12-7-18-50(58)51-19-8-13-25-59(51)66;1-2-16-39(17-3-1)60-52-24-6-11-25-54(52)64-62-53(60)32-30-40-31-35-55(63-61(40)62)47-34-33-44(45-18-4-5-19-46(45)47)41-36-42(65-56-26-12-7-20-48(56)49-21-8-13-27-57(49)65)38-43(37-41)66-58-28-14-9-22-50(58)51-23-10-15-29-59(51)66/h2*1-38H. The Morgan fingerprint density at radius 2 is 0.432 bits per heavy atom. The van der Waals surface area contributed by atoms with Crippen LogP contribution in [0, 0.1) is 0 Å². The molecule has 0 N–H and O–H groups in total. The first-order valence-corrected chi connectivity index (χ1v) is 45.1. The molecule has 0 aliphatic heterocycles. The summed E-state index contributed by atoms with van der Waals surface area (Å²) in [4.78, 5) is 21.4. The average Bonchev–Trinajstić information content (AvgIpc) is 1.11. The molecule has 8 aromatic heterocycles. The second-order valence-corrected chi connectivity index (χ2v) is 34.6. The van der Waals surface area contributed by atoms with Gasteiger partial charge in [-0.2, -0.15) is 0 Å². The average molecular weight is 1680 g/mol. The molecular weight excluding hydrogens is 1600 g/mol. The van der Waals surface area contributed by atoms with Crippen molar-refractivity contribution in [2.45, 2.75) is 0 Å². The van der Waals surface area contributed by atoms with Crippen molar-refractivity contribution in [1.82, 2.24) is 38.2 Å². The van der Waals surface area contributed by atoms with E-state index in [1.54, 1.807) is 0 Å². The molecule has 0 amide bonds. The number of fused-ring (bicyclic) bond motifs is 22. The highest BCUT2D eigenvalue weighted by Gasteiger charge is 2.25. The van der Waals surface area contributed by atoms with Gasteiger partial charge in [-0.1, -0.05) is 340 Å². The summed E-state index contributed by atoms with van der Waals surface area (Å²) in [6.45, 7) is 0. The zero-order chi connectivity index (χ0) is 86.6. The molecule has 0 saturated heterocycles. The van der Waals surface area contributed by atoms with Gasteiger partial charge < -0.3 is 18.3 Å². The fourth-order valence-corrected chi connectivity index (χ4v) is 21.4. The first-order chi connectivity index (χ1) is 65.5. The van der Waals surface area contributed by atoms with E-state index >= 15 is 0 Å². The third-order valence-corrected chi connectivity index (χ3v) is 27.3. The lowest BCUT2D eigenvalue weighted by Gasteiger charge is -2.18. The van der Waals surface area contributed by atoms with Crippen molar-refractivity contribution in [2.75, 3.05) is 0 Å². The Labute approximate surface area is 758 Å². The number of aromatic nitrogens is 8. The van der Waals surface area contributed by atoms with E-state index in [0.29, 0.717) is 0 Å². The predicted octanol–water partition coefficient (Wildman–Crippen LogP) is 32.6. The second kappa shape index (κ2) is 30.0. The quantitative estimate of drug-likeness (QED) is 0.101. The molecule has 0 bridgehead atoms. The number of hydrogen-bond acceptors (Lipinski definition) is 4. The van der Waals surface area contributed by atoms with Gasteiger partial charge in [0.1, 0.15) is 0 Å². The van der Waals surface area contributed by atoms with E-state index in [4.69, 9.17) is 19.9 Å². The van der Waals surface area contributed by atoms with E-state index in [9.17, 15) is 0 Å². The SMILES string of the molecule is c1ccc(-c2c3ccccc3nc3c2ccc2ccc(-c4ccc(-c5cc(-n6c7ccccc7c7ccccc76)cc(-n6c7ccccc7c7ccccc76)c5)c5ccccc45)nc23)cc1.c1ccc(-c2c3ccccc3nc3c2ccc2ccc(-c4ccc5cc(-c6cc(-n7c8ccccc8c8ccccc87)cc(-n7c8ccccc8c8ccccc87)c6)ccc5c4)nc23)cc1. The van der Waals surface area contributed by atoms with Crippen LogP contribution in [0.4, 0.5) is 0 Å². The van der Waals surface area contributed by atoms with Crippen LogP contribution in [0.15, 0.2) is 461 Å². The molecule has 20 aromatic carbocycles. The Balaban J connectivity index is 0.000000135. The number of hydrogen-bond donors (Lipinski definition) is 0. The predicted molar refractivity (Wildman–Crippen MR) is 554 cm³/mol. The Bertz CT molecular complexity index is 9220. The van der Waals surface area contributed by atoms with E-state index < -0.39 is 0 Å². The molecule has 0 saturated carbocycles. The number of benzene rings is 20. The summed E-state index contributed by atoms with van der Waals surface area (Å²) in [5.41, 5.74) is 32.8. The zero-order valence-electron chi connectivity index (χ0n) is 71.5. The van der Waals surface area contributed by atoms with E-state index in [1.807, 2.05) is 0 Å². The topological polar surface area (TPSA) is 71.3 Å². The maximum atomic E-state index is 5.51. The van der Waals surface area contributed by atoms with Gasteiger partial charge in [-0.05, 0) is 176 Å². The molecule has 28 aromatic rings. The Morgan fingerprint density at radius 1 is 0.144 bits per heavy atom. The summed E-state index contributed by atoms with van der Waals surface area (Å²) in [5.74, 6) is 0. The van der Waals surface area contributed by atoms with E-state index in [0.717, 1.165) is 149 Å². The Morgan fingerprint density at radius 3 is 0.826 bits per heavy atom. The number of nitrogens with zero attached hydrogens (tertiary/aromatic N) is 8. The summed E-state index contributed by atoms with van der Waals surface area (Å²) in [5, 5.41) is 21.2. The monoisotopic (exact) mass is 1680 g/mol. The third kappa shape index (κ3) is 11.9. The van der Waals surface area contributed by atoms with Crippen LogP contribution in [0.25, 0.3) is 264 Å². The van der Waals surface area contributed by atoms with Crippen LogP contribution < -0.4 is 0 Å². The van der Waals surface area contributed by atoms with Gasteiger partial charge in [0, 0.05) is 120 Å². The first kappa shape index (κ1) is 74.5. The summed E-state index contributed by atoms with van der Waals surface area (Å²) in [7, 11) is 0. The van der Waals surface area contributed by atoms with Crippen molar-refractivity contribution in [3.8, 4) is 89.8 Å². The molecule has 0 aliphatic carbocycles. The molecule has 8 nitrogen and oxygen atoms in total. The molecule has 0 radical (unpaired) electrons. The molecule has 0 atom stereocenters. The second-order valence-electron chi connectivity index (χ2n) is 34.6. The summed E-state index contributed by atoms with van der Waals surface area (Å²) in [6.07, 6.45) is 0. The van der Waals surface area contributed by atoms with Gasteiger partial charge in [-0.25, -0.2) is 19.9 Å². The summed E-state index contributed by atoms with van der Waals surface area (Å²) >= 11 is 0. The minimum absolute atomic E-state index is 0.899. The molecule has 132 heavy (non-hydrogen) atoms. The number of pyridine rings is 4. The summed E-state index contributed by atoms with van der Waals surface area (Å²) < 4.78 is 9.73. The van der Waals surface area contributed by atoms with Crippen molar-refractivity contribution in [2.24, 2.45) is 0 Å². The highest BCUT2D eigenvalue weighted by molar-refractivity contribution is 6.20. The fraction of sp³-hybridized carbons (Fsp3) is 0. The Hall–Kier alpha value is -17.7. The van der Waals surface area contributed by atoms with Gasteiger partial charge in [0.25, 0.3) is 0 Å². The lowest BCUT2D eigenvalue weighted by Crippen LogP contribution is -2.00. The van der Waals surface area contributed by atoms with Crippen LogP contribution in [0.1, 0.15) is 0 Å². The minimum Gasteiger partial charge on any atom is -0.309 e. The highest BCUT2D eigenvalue weighted by atomic mass is 15.0. The highest BCUT2D eigenvalue weighted by Crippen LogP contribution is 2.47. The normalized spacial score (nSPS) is 11.9. The van der Waals surface area contributed by atoms with Gasteiger partial charge in [-0.3, -0.25) is 0 Å². The molecule has 0 spiro atoms. The summed E-state index contributed by atoms with van der Waals surface area (Å²) in [6, 6.07) is 167. The van der Waals surface area contributed by atoms with Crippen molar-refractivity contribution in [1.29, 1.82) is 0 Å². The number of rotatable bonds is 10. The van der Waals surface area contributed by atoms with Gasteiger partial charge in [0.2, 0.25) is 0 Å². The fourth-order valence-electron chi connectivity index (χ4n) is 21.4. The molecular formula is C124H76N8. The lowest BCUT2D eigenvalue weighted by molar-refractivity contribution is 1.13. The van der Waals surface area contributed by atoms with Gasteiger partial charge >= 0.3 is 0 Å². The van der Waals surface area contributed by atoms with Crippen LogP contribution >= 0.6 is 0 Å². The van der Waals surface area contributed by atoms with Crippen molar-refractivity contribution in [3.63, 3.8) is 0 Å². The van der Waals surface area contributed by atoms with E-state index in [2.05, 4.69) is 479 Å². The van der Waals surface area contributed by atoms with Crippen molar-refractivity contribution < 1.29 is 0 Å². The Kier molecular flexibility index (Phi) is 16.9. The first-order valence-electron chi connectivity index (χ1n) is 45.1. The maximum absolute atomic E-state index is 5.51. The minimum atomic E-state index is 0.899. The van der Waals surface area contributed by atoms with E-state index in [-0.39, 0.29) is 0 Å². The van der Waals surface area contributed by atoms with Crippen LogP contribution in [0.3, 0.4) is 0 Å². The molecule has 8 heterocycles. The van der Waals surface area contributed by atoms with Crippen LogP contribution in [-0.2, 0) is 0 Å². The van der Waals surface area contributed by atoms with E-state index in [1.165, 1.54) is 115 Å². The lowest BCUT2D eigenvalue weighted by atomic mass is 9.92. The molecule has 8 heteroatoms. The molecule has 0 unspecified atom stereocenters. The smallest absolute Gasteiger partial charge is 0.0978 e. The van der Waals surface area contributed by atoms with Crippen LogP contribution in [-0.4, -0.2) is 38.2 Å². The molecule has 612 valence electrons. The van der Waals surface area contributed by atoms with Gasteiger partial charge in [0.05, 0.1) is 88.6 Å². The number of para-hydroxylation sites is 10. The van der Waals surface area contributed by atoms with Crippen LogP contribution in [0.2, 0.25) is 0 Å². The van der Waals surface area contributed by atoms with Gasteiger partial charge in [0.15, 0.2) is 0 Å². The van der Waals surface area contributed by atoms with Gasteiger partial charge in [-0.15, -0.1) is 0 Å². The largest absolute Gasteiger partial charge is 0.309 e. The molecule has 0 fully saturated rings. The molecule has 0 aliphatic rings. The van der Waals surface area contributed by atoms with Crippen LogP contribution in [0.5, 0.6) is 0 Å². The van der Waals surface area contributed by atoms with Crippen molar-refractivity contribution in [3.05, 3.63) is 461 Å².